The van der Waals surface area contributed by atoms with Crippen molar-refractivity contribution in [3.8, 4) is 0 Å². The average Bonchev–Trinajstić information content (AvgIpc) is 2.18. The largest absolute Gasteiger partial charge is 0.444 e. The highest BCUT2D eigenvalue weighted by molar-refractivity contribution is 5.88. The highest BCUT2D eigenvalue weighted by Crippen LogP contribution is 2.23. The number of primary amides is 1. The van der Waals surface area contributed by atoms with Crippen LogP contribution in [0.2, 0.25) is 0 Å². The first kappa shape index (κ1) is 15.7. The number of amides is 2. The lowest BCUT2D eigenvalue weighted by Crippen LogP contribution is -2.76. The van der Waals surface area contributed by atoms with Crippen molar-refractivity contribution in [3.63, 3.8) is 0 Å². The van der Waals surface area contributed by atoms with Crippen molar-refractivity contribution >= 4 is 12.0 Å². The number of nitrogens with one attached hydrogen (secondary N) is 1. The van der Waals surface area contributed by atoms with Crippen LogP contribution in [0.3, 0.4) is 0 Å². The molecule has 0 aliphatic carbocycles. The lowest BCUT2D eigenvalue weighted by molar-refractivity contribution is -0.131. The van der Waals surface area contributed by atoms with E-state index < -0.39 is 23.1 Å². The molecular formula is C12H23N3O4. The molecule has 1 heterocycles. The molecule has 0 atom stereocenters. The van der Waals surface area contributed by atoms with Crippen LogP contribution in [0.15, 0.2) is 0 Å². The average molecular weight is 273 g/mol. The second-order valence-electron chi connectivity index (χ2n) is 5.70. The van der Waals surface area contributed by atoms with E-state index in [1.807, 2.05) is 0 Å². The Hall–Kier alpha value is -1.34. The molecule has 1 saturated heterocycles. The maximum Gasteiger partial charge on any atom is 0.410 e. The van der Waals surface area contributed by atoms with E-state index in [9.17, 15) is 9.59 Å². The van der Waals surface area contributed by atoms with Crippen LogP contribution in [-0.2, 0) is 14.3 Å². The molecule has 1 aliphatic rings. The fourth-order valence-corrected chi connectivity index (χ4v) is 1.81. The molecule has 7 heteroatoms. The van der Waals surface area contributed by atoms with Gasteiger partial charge in [0.15, 0.2) is 0 Å². The highest BCUT2D eigenvalue weighted by Gasteiger charge is 2.50. The number of methoxy groups -OCH3 is 1. The Morgan fingerprint density at radius 1 is 1.37 bits per heavy atom. The Kier molecular flexibility index (Phi) is 4.75. The van der Waals surface area contributed by atoms with Gasteiger partial charge in [0.05, 0.1) is 19.7 Å². The Balaban J connectivity index is 2.50. The van der Waals surface area contributed by atoms with E-state index in [-0.39, 0.29) is 13.1 Å². The Labute approximate surface area is 113 Å². The van der Waals surface area contributed by atoms with E-state index in [2.05, 4.69) is 5.32 Å². The molecule has 0 spiro atoms. The number of rotatable bonds is 5. The van der Waals surface area contributed by atoms with Crippen molar-refractivity contribution in [2.75, 3.05) is 33.4 Å². The van der Waals surface area contributed by atoms with Crippen molar-refractivity contribution < 1.29 is 19.1 Å². The summed E-state index contributed by atoms with van der Waals surface area (Å²) in [5.41, 5.74) is 3.97. The molecule has 19 heavy (non-hydrogen) atoms. The van der Waals surface area contributed by atoms with Crippen LogP contribution < -0.4 is 11.1 Å². The topological polar surface area (TPSA) is 93.9 Å². The summed E-state index contributed by atoms with van der Waals surface area (Å²) < 4.78 is 10.1. The summed E-state index contributed by atoms with van der Waals surface area (Å²) in [6, 6.07) is 0. The quantitative estimate of drug-likeness (QED) is 0.671. The first-order valence-corrected chi connectivity index (χ1v) is 6.22. The van der Waals surface area contributed by atoms with Crippen LogP contribution in [0.5, 0.6) is 0 Å². The molecular weight excluding hydrogens is 250 g/mol. The smallest absolute Gasteiger partial charge is 0.410 e. The van der Waals surface area contributed by atoms with Crippen molar-refractivity contribution in [2.45, 2.75) is 31.9 Å². The second kappa shape index (κ2) is 5.75. The number of carbonyl (C=O) groups is 2. The molecule has 2 amide bonds. The second-order valence-corrected chi connectivity index (χ2v) is 5.70. The Morgan fingerprint density at radius 3 is 2.37 bits per heavy atom. The molecule has 110 valence electrons. The number of hydrogen-bond donors (Lipinski definition) is 2. The Bertz CT molecular complexity index is 345. The summed E-state index contributed by atoms with van der Waals surface area (Å²) in [4.78, 5) is 24.7. The zero-order valence-electron chi connectivity index (χ0n) is 12.0. The van der Waals surface area contributed by atoms with E-state index in [1.54, 1.807) is 27.9 Å². The van der Waals surface area contributed by atoms with E-state index in [0.29, 0.717) is 13.2 Å². The zero-order chi connectivity index (χ0) is 14.7. The summed E-state index contributed by atoms with van der Waals surface area (Å²) in [6.45, 7) is 6.81. The van der Waals surface area contributed by atoms with Gasteiger partial charge in [0, 0.05) is 13.7 Å². The predicted octanol–water partition coefficient (Wildman–Crippen LogP) is -0.303. The molecule has 1 rings (SSSR count). The van der Waals surface area contributed by atoms with Gasteiger partial charge in [-0.15, -0.1) is 0 Å². The van der Waals surface area contributed by atoms with Crippen molar-refractivity contribution in [1.29, 1.82) is 0 Å². The first-order valence-electron chi connectivity index (χ1n) is 6.22. The van der Waals surface area contributed by atoms with E-state index in [4.69, 9.17) is 15.2 Å². The van der Waals surface area contributed by atoms with E-state index >= 15 is 0 Å². The van der Waals surface area contributed by atoms with Gasteiger partial charge < -0.3 is 20.1 Å². The van der Waals surface area contributed by atoms with Gasteiger partial charge in [-0.1, -0.05) is 0 Å². The van der Waals surface area contributed by atoms with Gasteiger partial charge >= 0.3 is 6.09 Å². The van der Waals surface area contributed by atoms with Gasteiger partial charge in [-0.2, -0.15) is 0 Å². The summed E-state index contributed by atoms with van der Waals surface area (Å²) in [7, 11) is 1.58. The van der Waals surface area contributed by atoms with Crippen LogP contribution in [0, 0.1) is 0 Å². The van der Waals surface area contributed by atoms with Gasteiger partial charge in [0.2, 0.25) is 5.91 Å². The molecule has 0 bridgehead atoms. The predicted molar refractivity (Wildman–Crippen MR) is 69.6 cm³/mol. The number of nitrogens with two attached hydrogens (primary N) is 1. The molecule has 0 unspecified atom stereocenters. The van der Waals surface area contributed by atoms with Gasteiger partial charge in [0.1, 0.15) is 11.1 Å². The minimum atomic E-state index is -0.866. The lowest BCUT2D eigenvalue weighted by Gasteiger charge is -2.48. The van der Waals surface area contributed by atoms with Crippen LogP contribution in [0.4, 0.5) is 4.79 Å². The summed E-state index contributed by atoms with van der Waals surface area (Å²) in [6.07, 6.45) is -0.432. The number of ether oxygens (including phenoxy) is 2. The third kappa shape index (κ3) is 4.07. The molecule has 0 aromatic rings. The molecule has 1 fully saturated rings. The van der Waals surface area contributed by atoms with Crippen LogP contribution in [0.25, 0.3) is 0 Å². The number of likely N-dealkylation sites (tertiary alicyclic amines) is 1. The molecule has 0 saturated carbocycles. The molecule has 0 aromatic carbocycles. The van der Waals surface area contributed by atoms with Crippen LogP contribution in [-0.4, -0.2) is 61.4 Å². The van der Waals surface area contributed by atoms with Crippen molar-refractivity contribution in [2.24, 2.45) is 5.73 Å². The molecule has 1 aliphatic heterocycles. The monoisotopic (exact) mass is 273 g/mol. The summed E-state index contributed by atoms with van der Waals surface area (Å²) >= 11 is 0. The maximum absolute atomic E-state index is 11.8. The first-order chi connectivity index (χ1) is 8.70. The van der Waals surface area contributed by atoms with Gasteiger partial charge in [-0.05, 0) is 20.8 Å². The molecule has 3 N–H and O–H groups in total. The van der Waals surface area contributed by atoms with E-state index in [0.717, 1.165) is 0 Å². The SMILES string of the molecule is COCCNC1(C(N)=O)CN(C(=O)OC(C)(C)C)C1. The maximum atomic E-state index is 11.8. The van der Waals surface area contributed by atoms with E-state index in [1.165, 1.54) is 4.90 Å². The number of hydrogen-bond acceptors (Lipinski definition) is 5. The van der Waals surface area contributed by atoms with Gasteiger partial charge in [-0.25, -0.2) is 4.79 Å². The van der Waals surface area contributed by atoms with Crippen molar-refractivity contribution in [1.82, 2.24) is 10.2 Å². The zero-order valence-corrected chi connectivity index (χ0v) is 12.0. The van der Waals surface area contributed by atoms with Gasteiger partial charge in [0.25, 0.3) is 0 Å². The fraction of sp³-hybridized carbons (Fsp3) is 0.833. The molecule has 7 nitrogen and oxygen atoms in total. The number of carbonyl (C=O) groups excluding carboxylic acids is 2. The lowest BCUT2D eigenvalue weighted by atomic mass is 9.89. The minimum Gasteiger partial charge on any atom is -0.444 e. The van der Waals surface area contributed by atoms with Gasteiger partial charge in [-0.3, -0.25) is 10.1 Å². The fourth-order valence-electron chi connectivity index (χ4n) is 1.81. The number of nitrogens with zero attached hydrogens (tertiary/aromatic N) is 1. The third-order valence-corrected chi connectivity index (χ3v) is 2.81. The highest BCUT2D eigenvalue weighted by atomic mass is 16.6. The minimum absolute atomic E-state index is 0.223. The summed E-state index contributed by atoms with van der Waals surface area (Å²) in [5, 5.41) is 3.03. The third-order valence-electron chi connectivity index (χ3n) is 2.81. The summed E-state index contributed by atoms with van der Waals surface area (Å²) in [5.74, 6) is -0.469. The molecule has 0 radical (unpaired) electrons. The standard InChI is InChI=1S/C12H23N3O4/c1-11(2,3)19-10(17)15-7-12(8-15,9(13)16)14-5-6-18-4/h14H,5-8H2,1-4H3,(H2,13,16). The Morgan fingerprint density at radius 2 is 1.95 bits per heavy atom. The normalized spacial score (nSPS) is 17.8. The van der Waals surface area contributed by atoms with Crippen LogP contribution >= 0.6 is 0 Å². The molecule has 0 aromatic heterocycles. The van der Waals surface area contributed by atoms with Crippen molar-refractivity contribution in [3.05, 3.63) is 0 Å². The van der Waals surface area contributed by atoms with Crippen LogP contribution in [0.1, 0.15) is 20.8 Å².